The van der Waals surface area contributed by atoms with E-state index in [1.807, 2.05) is 19.1 Å². The monoisotopic (exact) mass is 226 g/mol. The molecule has 15 heavy (non-hydrogen) atoms. The van der Waals surface area contributed by atoms with Gasteiger partial charge < -0.3 is 11.1 Å². The molecule has 82 valence electrons. The highest BCUT2D eigenvalue weighted by molar-refractivity contribution is 6.33. The van der Waals surface area contributed by atoms with E-state index in [1.165, 1.54) is 0 Å². The summed E-state index contributed by atoms with van der Waals surface area (Å²) in [5.41, 5.74) is 6.30. The van der Waals surface area contributed by atoms with Crippen molar-refractivity contribution >= 4 is 23.2 Å². The Bertz CT molecular complexity index is 341. The lowest BCUT2D eigenvalue weighted by atomic mass is 10.1. The lowest BCUT2D eigenvalue weighted by Gasteiger charge is -2.10. The maximum absolute atomic E-state index is 11.5. The number of hydrogen-bond donors (Lipinski definition) is 2. The van der Waals surface area contributed by atoms with Crippen molar-refractivity contribution in [2.45, 2.75) is 25.8 Å². The van der Waals surface area contributed by atoms with Crippen LogP contribution in [0, 0.1) is 0 Å². The zero-order valence-corrected chi connectivity index (χ0v) is 9.42. The molecule has 1 atom stereocenters. The summed E-state index contributed by atoms with van der Waals surface area (Å²) in [5, 5.41) is 3.26. The molecule has 0 aliphatic carbocycles. The van der Waals surface area contributed by atoms with Gasteiger partial charge in [0, 0.05) is 12.5 Å². The van der Waals surface area contributed by atoms with Gasteiger partial charge in [-0.1, -0.05) is 30.7 Å². The molecule has 0 aliphatic heterocycles. The number of nitrogens with two attached hydrogens (primary N) is 1. The summed E-state index contributed by atoms with van der Waals surface area (Å²) >= 11 is 5.89. The summed E-state index contributed by atoms with van der Waals surface area (Å²) < 4.78 is 0. The van der Waals surface area contributed by atoms with Gasteiger partial charge >= 0.3 is 0 Å². The first-order valence-corrected chi connectivity index (χ1v) is 5.31. The smallest absolute Gasteiger partial charge is 0.225 e. The molecule has 1 aromatic carbocycles. The Morgan fingerprint density at radius 1 is 1.53 bits per heavy atom. The van der Waals surface area contributed by atoms with Crippen molar-refractivity contribution in [1.29, 1.82) is 0 Å². The molecule has 1 aromatic rings. The molecule has 0 aromatic heterocycles. The third kappa shape index (κ3) is 3.90. The summed E-state index contributed by atoms with van der Waals surface area (Å²) in [5.74, 6) is -0.0996. The summed E-state index contributed by atoms with van der Waals surface area (Å²) in [6, 6.07) is 7.04. The van der Waals surface area contributed by atoms with Gasteiger partial charge in [0.1, 0.15) is 0 Å². The summed E-state index contributed by atoms with van der Waals surface area (Å²) in [6.45, 7) is 1.95. The van der Waals surface area contributed by atoms with E-state index in [2.05, 4.69) is 5.32 Å². The van der Waals surface area contributed by atoms with Crippen LogP contribution in [-0.2, 0) is 4.79 Å². The fourth-order valence-electron chi connectivity index (χ4n) is 1.15. The van der Waals surface area contributed by atoms with Crippen LogP contribution in [0.5, 0.6) is 0 Å². The number of carbonyl (C=O) groups is 1. The van der Waals surface area contributed by atoms with Crippen molar-refractivity contribution in [3.8, 4) is 0 Å². The van der Waals surface area contributed by atoms with Gasteiger partial charge in [-0.2, -0.15) is 0 Å². The molecule has 0 heterocycles. The van der Waals surface area contributed by atoms with Crippen LogP contribution >= 0.6 is 11.6 Å². The Morgan fingerprint density at radius 3 is 2.80 bits per heavy atom. The fourth-order valence-corrected chi connectivity index (χ4v) is 1.33. The van der Waals surface area contributed by atoms with E-state index >= 15 is 0 Å². The van der Waals surface area contributed by atoms with Crippen LogP contribution < -0.4 is 11.1 Å². The van der Waals surface area contributed by atoms with Gasteiger partial charge in [0.05, 0.1) is 10.7 Å². The van der Waals surface area contributed by atoms with E-state index in [4.69, 9.17) is 17.3 Å². The Hall–Kier alpha value is -1.06. The molecule has 1 unspecified atom stereocenters. The van der Waals surface area contributed by atoms with Crippen LogP contribution in [0.15, 0.2) is 24.3 Å². The predicted octanol–water partition coefficient (Wildman–Crippen LogP) is 2.41. The Balaban J connectivity index is 2.55. The first-order valence-electron chi connectivity index (χ1n) is 4.93. The highest BCUT2D eigenvalue weighted by atomic mass is 35.5. The number of halogens is 1. The number of nitrogens with one attached hydrogen (secondary N) is 1. The Labute approximate surface area is 94.6 Å². The predicted molar refractivity (Wildman–Crippen MR) is 63.0 cm³/mol. The van der Waals surface area contributed by atoms with Crippen molar-refractivity contribution in [2.75, 3.05) is 5.32 Å². The third-order valence-electron chi connectivity index (χ3n) is 2.12. The van der Waals surface area contributed by atoms with E-state index < -0.39 is 0 Å². The lowest BCUT2D eigenvalue weighted by molar-refractivity contribution is -0.116. The molecular formula is C11H15ClN2O. The number of anilines is 1. The molecule has 3 nitrogen and oxygen atoms in total. The number of benzene rings is 1. The lowest BCUT2D eigenvalue weighted by Crippen LogP contribution is -2.26. The van der Waals surface area contributed by atoms with Crippen LogP contribution in [0.4, 0.5) is 5.69 Å². The molecule has 0 saturated heterocycles. The molecule has 0 fully saturated rings. The second-order valence-electron chi connectivity index (χ2n) is 3.40. The van der Waals surface area contributed by atoms with Crippen LogP contribution in [0.2, 0.25) is 5.02 Å². The van der Waals surface area contributed by atoms with Gasteiger partial charge in [-0.15, -0.1) is 0 Å². The zero-order valence-electron chi connectivity index (χ0n) is 8.66. The largest absolute Gasteiger partial charge is 0.327 e. The van der Waals surface area contributed by atoms with Gasteiger partial charge in [-0.25, -0.2) is 0 Å². The minimum atomic E-state index is -0.0996. The quantitative estimate of drug-likeness (QED) is 0.829. The van der Waals surface area contributed by atoms with E-state index in [0.29, 0.717) is 17.1 Å². The van der Waals surface area contributed by atoms with Crippen LogP contribution in [0.3, 0.4) is 0 Å². The normalized spacial score (nSPS) is 12.2. The van der Waals surface area contributed by atoms with Crippen molar-refractivity contribution in [3.63, 3.8) is 0 Å². The minimum Gasteiger partial charge on any atom is -0.327 e. The maximum atomic E-state index is 11.5. The molecule has 1 amide bonds. The number of para-hydroxylation sites is 1. The minimum absolute atomic E-state index is 0.0903. The Kier molecular flexibility index (Phi) is 4.59. The second kappa shape index (κ2) is 5.73. The van der Waals surface area contributed by atoms with Crippen LogP contribution in [-0.4, -0.2) is 11.9 Å². The first kappa shape index (κ1) is 12.0. The molecule has 0 bridgehead atoms. The number of rotatable bonds is 4. The highest BCUT2D eigenvalue weighted by Crippen LogP contribution is 2.20. The fraction of sp³-hybridized carbons (Fsp3) is 0.364. The number of hydrogen-bond acceptors (Lipinski definition) is 2. The van der Waals surface area contributed by atoms with Gasteiger partial charge in [-0.05, 0) is 18.6 Å². The number of carbonyl (C=O) groups excluding carboxylic acids is 1. The van der Waals surface area contributed by atoms with Gasteiger partial charge in [-0.3, -0.25) is 4.79 Å². The van der Waals surface area contributed by atoms with E-state index in [9.17, 15) is 4.79 Å². The molecular weight excluding hydrogens is 212 g/mol. The first-order chi connectivity index (χ1) is 7.13. The topological polar surface area (TPSA) is 55.1 Å². The van der Waals surface area contributed by atoms with E-state index in [1.54, 1.807) is 12.1 Å². The van der Waals surface area contributed by atoms with Gasteiger partial charge in [0.2, 0.25) is 5.91 Å². The van der Waals surface area contributed by atoms with E-state index in [0.717, 1.165) is 6.42 Å². The van der Waals surface area contributed by atoms with Crippen molar-refractivity contribution in [2.24, 2.45) is 5.73 Å². The average Bonchev–Trinajstić information content (AvgIpc) is 2.21. The summed E-state index contributed by atoms with van der Waals surface area (Å²) in [4.78, 5) is 11.5. The molecule has 0 aliphatic rings. The number of amides is 1. The standard InChI is InChI=1S/C11H15ClN2O/c1-2-8(13)7-11(15)14-10-6-4-3-5-9(10)12/h3-6,8H,2,7,13H2,1H3,(H,14,15). The maximum Gasteiger partial charge on any atom is 0.225 e. The summed E-state index contributed by atoms with van der Waals surface area (Å²) in [7, 11) is 0. The zero-order chi connectivity index (χ0) is 11.3. The highest BCUT2D eigenvalue weighted by Gasteiger charge is 2.08. The molecule has 1 rings (SSSR count). The molecule has 0 radical (unpaired) electrons. The van der Waals surface area contributed by atoms with Gasteiger partial charge in [0.15, 0.2) is 0 Å². The van der Waals surface area contributed by atoms with Gasteiger partial charge in [0.25, 0.3) is 0 Å². The van der Waals surface area contributed by atoms with E-state index in [-0.39, 0.29) is 11.9 Å². The average molecular weight is 227 g/mol. The molecule has 3 N–H and O–H groups in total. The molecule has 4 heteroatoms. The molecule has 0 spiro atoms. The molecule has 0 saturated carbocycles. The van der Waals surface area contributed by atoms with Crippen molar-refractivity contribution in [1.82, 2.24) is 0 Å². The van der Waals surface area contributed by atoms with Crippen LogP contribution in [0.1, 0.15) is 19.8 Å². The Morgan fingerprint density at radius 2 is 2.20 bits per heavy atom. The third-order valence-corrected chi connectivity index (χ3v) is 2.45. The summed E-state index contributed by atoms with van der Waals surface area (Å²) in [6.07, 6.45) is 1.11. The SMILES string of the molecule is CCC(N)CC(=O)Nc1ccccc1Cl. The van der Waals surface area contributed by atoms with Crippen LogP contribution in [0.25, 0.3) is 0 Å². The second-order valence-corrected chi connectivity index (χ2v) is 3.81. The van der Waals surface area contributed by atoms with Crippen molar-refractivity contribution in [3.05, 3.63) is 29.3 Å². The van der Waals surface area contributed by atoms with Crippen molar-refractivity contribution < 1.29 is 4.79 Å².